The van der Waals surface area contributed by atoms with Crippen molar-refractivity contribution in [2.75, 3.05) is 17.4 Å². The molecule has 3 aromatic rings. The Hall–Kier alpha value is -2.59. The van der Waals surface area contributed by atoms with Gasteiger partial charge in [0.2, 0.25) is 11.8 Å². The lowest BCUT2D eigenvalue weighted by molar-refractivity contribution is -0.140. The smallest absolute Gasteiger partial charge is 0.264 e. The third kappa shape index (κ3) is 8.22. The number of carbonyl (C=O) groups is 2. The van der Waals surface area contributed by atoms with Gasteiger partial charge in [0, 0.05) is 17.6 Å². The Morgan fingerprint density at radius 1 is 0.950 bits per heavy atom. The van der Waals surface area contributed by atoms with Crippen LogP contribution in [0.5, 0.6) is 0 Å². The summed E-state index contributed by atoms with van der Waals surface area (Å²) >= 11 is 15.7. The zero-order valence-corrected chi connectivity index (χ0v) is 26.2. The summed E-state index contributed by atoms with van der Waals surface area (Å²) < 4.78 is 29.4. The van der Waals surface area contributed by atoms with Gasteiger partial charge in [0.1, 0.15) is 12.6 Å². The molecule has 0 saturated heterocycles. The lowest BCUT2D eigenvalue weighted by Crippen LogP contribution is -2.52. The Morgan fingerprint density at radius 2 is 1.62 bits per heavy atom. The van der Waals surface area contributed by atoms with Gasteiger partial charge >= 0.3 is 0 Å². The molecule has 1 atom stereocenters. The van der Waals surface area contributed by atoms with Gasteiger partial charge in [0.15, 0.2) is 0 Å². The Labute approximate surface area is 254 Å². The highest BCUT2D eigenvalue weighted by atomic mass is 79.9. The van der Waals surface area contributed by atoms with Gasteiger partial charge in [-0.2, -0.15) is 0 Å². The molecule has 0 saturated carbocycles. The highest BCUT2D eigenvalue weighted by Crippen LogP contribution is 2.27. The van der Waals surface area contributed by atoms with Crippen molar-refractivity contribution in [2.45, 2.75) is 50.6 Å². The first-order chi connectivity index (χ1) is 19.1. The van der Waals surface area contributed by atoms with Crippen LogP contribution in [0.2, 0.25) is 10.0 Å². The number of carbonyl (C=O) groups excluding carboxylic acids is 2. The van der Waals surface area contributed by atoms with E-state index in [1.165, 1.54) is 17.0 Å². The molecule has 3 aromatic carbocycles. The van der Waals surface area contributed by atoms with Crippen LogP contribution >= 0.6 is 39.1 Å². The highest BCUT2D eigenvalue weighted by molar-refractivity contribution is 9.10. The van der Waals surface area contributed by atoms with Crippen LogP contribution in [-0.4, -0.2) is 44.3 Å². The van der Waals surface area contributed by atoms with Crippen molar-refractivity contribution >= 4 is 66.7 Å². The minimum absolute atomic E-state index is 0.0367. The summed E-state index contributed by atoms with van der Waals surface area (Å²) in [5, 5.41) is 3.59. The zero-order valence-electron chi connectivity index (χ0n) is 22.3. The van der Waals surface area contributed by atoms with Crippen LogP contribution in [0.4, 0.5) is 5.69 Å². The van der Waals surface area contributed by atoms with Gasteiger partial charge in [0.05, 0.1) is 20.6 Å². The average molecular weight is 669 g/mol. The summed E-state index contributed by atoms with van der Waals surface area (Å²) in [6.07, 6.45) is 2.03. The van der Waals surface area contributed by atoms with Crippen LogP contribution in [-0.2, 0) is 26.2 Å². The number of sulfonamides is 1. The number of anilines is 1. The van der Waals surface area contributed by atoms with Crippen LogP contribution in [0.3, 0.4) is 0 Å². The van der Waals surface area contributed by atoms with Crippen LogP contribution < -0.4 is 9.62 Å². The number of hydrogen-bond donors (Lipinski definition) is 1. The summed E-state index contributed by atoms with van der Waals surface area (Å²) in [7, 11) is -4.12. The van der Waals surface area contributed by atoms with Gasteiger partial charge in [-0.05, 0) is 66.9 Å². The van der Waals surface area contributed by atoms with Crippen molar-refractivity contribution < 1.29 is 18.0 Å². The fourth-order valence-electron chi connectivity index (χ4n) is 4.12. The monoisotopic (exact) mass is 667 g/mol. The summed E-state index contributed by atoms with van der Waals surface area (Å²) in [6.45, 7) is 3.84. The first kappa shape index (κ1) is 31.9. The Kier molecular flexibility index (Phi) is 11.9. The van der Waals surface area contributed by atoms with E-state index in [4.69, 9.17) is 23.2 Å². The number of rotatable bonds is 13. The fraction of sp³-hybridized carbons (Fsp3) is 0.310. The summed E-state index contributed by atoms with van der Waals surface area (Å²) in [4.78, 5) is 28.7. The molecule has 40 heavy (non-hydrogen) atoms. The molecule has 11 heteroatoms. The van der Waals surface area contributed by atoms with E-state index in [-0.39, 0.29) is 17.3 Å². The molecule has 7 nitrogen and oxygen atoms in total. The average Bonchev–Trinajstić information content (AvgIpc) is 2.94. The Bertz CT molecular complexity index is 1410. The van der Waals surface area contributed by atoms with E-state index < -0.39 is 28.5 Å². The lowest BCUT2D eigenvalue weighted by Gasteiger charge is -2.33. The maximum absolute atomic E-state index is 14.0. The topological polar surface area (TPSA) is 86.8 Å². The van der Waals surface area contributed by atoms with E-state index in [0.29, 0.717) is 34.3 Å². The number of unbranched alkanes of at least 4 members (excludes halogenated alkanes) is 1. The molecular weight excluding hydrogens is 637 g/mol. The van der Waals surface area contributed by atoms with E-state index in [1.54, 1.807) is 60.7 Å². The highest BCUT2D eigenvalue weighted by Gasteiger charge is 2.33. The molecule has 1 N–H and O–H groups in total. The van der Waals surface area contributed by atoms with Gasteiger partial charge in [-0.3, -0.25) is 13.9 Å². The van der Waals surface area contributed by atoms with Crippen molar-refractivity contribution in [3.63, 3.8) is 0 Å². The second-order valence-corrected chi connectivity index (χ2v) is 12.7. The van der Waals surface area contributed by atoms with Gasteiger partial charge in [0.25, 0.3) is 10.0 Å². The predicted octanol–water partition coefficient (Wildman–Crippen LogP) is 6.67. The van der Waals surface area contributed by atoms with Gasteiger partial charge in [-0.15, -0.1) is 0 Å². The SMILES string of the molecule is CCCCNC(=O)[C@@H](CC)N(Cc1ccc(Cl)c(Cl)c1)C(=O)CN(c1ccc(Br)cc1)S(=O)(=O)c1ccccc1. The molecule has 0 spiro atoms. The molecule has 0 heterocycles. The maximum atomic E-state index is 14.0. The maximum Gasteiger partial charge on any atom is 0.264 e. The van der Waals surface area contributed by atoms with Crippen molar-refractivity contribution in [2.24, 2.45) is 0 Å². The zero-order chi connectivity index (χ0) is 29.3. The van der Waals surface area contributed by atoms with Crippen molar-refractivity contribution in [1.29, 1.82) is 0 Å². The molecular formula is C29H32BrCl2N3O4S. The third-order valence-corrected chi connectivity index (χ3v) is 9.33. The second kappa shape index (κ2) is 14.9. The number of benzene rings is 3. The molecule has 2 amide bonds. The van der Waals surface area contributed by atoms with Crippen molar-refractivity contribution in [3.8, 4) is 0 Å². The molecule has 0 bridgehead atoms. The minimum atomic E-state index is -4.12. The fourth-order valence-corrected chi connectivity index (χ4v) is 6.14. The van der Waals surface area contributed by atoms with Crippen molar-refractivity contribution in [3.05, 3.63) is 92.9 Å². The van der Waals surface area contributed by atoms with E-state index in [0.717, 1.165) is 21.6 Å². The molecule has 0 radical (unpaired) electrons. The minimum Gasteiger partial charge on any atom is -0.354 e. The number of amides is 2. The van der Waals surface area contributed by atoms with E-state index in [9.17, 15) is 18.0 Å². The molecule has 0 aromatic heterocycles. The molecule has 0 unspecified atom stereocenters. The number of halogens is 3. The first-order valence-electron chi connectivity index (χ1n) is 12.9. The van der Waals surface area contributed by atoms with Crippen LogP contribution in [0.1, 0.15) is 38.7 Å². The molecule has 0 aliphatic rings. The van der Waals surface area contributed by atoms with Gasteiger partial charge in [-0.1, -0.05) is 83.7 Å². The molecule has 214 valence electrons. The van der Waals surface area contributed by atoms with E-state index in [2.05, 4.69) is 21.2 Å². The van der Waals surface area contributed by atoms with Crippen LogP contribution in [0, 0.1) is 0 Å². The molecule has 3 rings (SSSR count). The lowest BCUT2D eigenvalue weighted by atomic mass is 10.1. The Balaban J connectivity index is 2.03. The molecule has 0 fully saturated rings. The number of hydrogen-bond acceptors (Lipinski definition) is 4. The van der Waals surface area contributed by atoms with Crippen LogP contribution in [0.15, 0.2) is 82.2 Å². The normalized spacial score (nSPS) is 12.0. The van der Waals surface area contributed by atoms with Gasteiger partial charge < -0.3 is 10.2 Å². The first-order valence-corrected chi connectivity index (χ1v) is 15.9. The predicted molar refractivity (Wildman–Crippen MR) is 164 cm³/mol. The van der Waals surface area contributed by atoms with Gasteiger partial charge in [-0.25, -0.2) is 8.42 Å². The summed E-state index contributed by atoms with van der Waals surface area (Å²) in [5.41, 5.74) is 0.971. The van der Waals surface area contributed by atoms with E-state index in [1.807, 2.05) is 13.8 Å². The quantitative estimate of drug-likeness (QED) is 0.206. The molecule has 0 aliphatic heterocycles. The standard InChI is InChI=1S/C29H32BrCl2N3O4S/c1-3-5-17-33-29(37)27(4-2)34(19-21-11-16-25(31)26(32)18-21)28(36)20-35(23-14-12-22(30)13-15-23)40(38,39)24-9-7-6-8-10-24/h6-16,18,27H,3-5,17,19-20H2,1-2H3,(H,33,37)/t27-/m1/s1. The van der Waals surface area contributed by atoms with Crippen LogP contribution in [0.25, 0.3) is 0 Å². The summed E-state index contributed by atoms with van der Waals surface area (Å²) in [6, 6.07) is 18.7. The van der Waals surface area contributed by atoms with Crippen molar-refractivity contribution in [1.82, 2.24) is 10.2 Å². The summed E-state index contributed by atoms with van der Waals surface area (Å²) in [5.74, 6) is -0.837. The molecule has 0 aliphatic carbocycles. The second-order valence-electron chi connectivity index (χ2n) is 9.14. The third-order valence-electron chi connectivity index (χ3n) is 6.28. The van der Waals surface area contributed by atoms with E-state index >= 15 is 0 Å². The number of nitrogens with zero attached hydrogens (tertiary/aromatic N) is 2. The number of nitrogens with one attached hydrogen (secondary N) is 1. The largest absolute Gasteiger partial charge is 0.354 e. The Morgan fingerprint density at radius 3 is 2.23 bits per heavy atom.